The number of morpholine rings is 1. The Bertz CT molecular complexity index is 565. The number of nitrogens with two attached hydrogens (primary N) is 1. The number of anilines is 1. The van der Waals surface area contributed by atoms with Crippen LogP contribution in [0.5, 0.6) is 0 Å². The molecule has 0 aliphatic carbocycles. The van der Waals surface area contributed by atoms with Crippen LogP contribution in [0.15, 0.2) is 12.7 Å². The van der Waals surface area contributed by atoms with Gasteiger partial charge in [0.15, 0.2) is 11.5 Å². The lowest BCUT2D eigenvalue weighted by Crippen LogP contribution is -2.38. The van der Waals surface area contributed by atoms with Gasteiger partial charge in [0, 0.05) is 13.1 Å². The van der Waals surface area contributed by atoms with Crippen LogP contribution in [0.3, 0.4) is 0 Å². The number of aromatic nitrogens is 2. The van der Waals surface area contributed by atoms with Crippen LogP contribution < -0.4 is 10.8 Å². The molecule has 3 N–H and O–H groups in total. The Labute approximate surface area is 123 Å². The summed E-state index contributed by atoms with van der Waals surface area (Å²) in [5.74, 6) is 5.47. The number of nitrogens with zero attached hydrogens (tertiary/aromatic N) is 3. The molecule has 2 rings (SSSR count). The second kappa shape index (κ2) is 6.96. The van der Waals surface area contributed by atoms with Crippen molar-refractivity contribution in [2.75, 3.05) is 31.2 Å². The largest absolute Gasteiger partial charge is 0.389 e. The molecule has 7 heteroatoms. The van der Waals surface area contributed by atoms with Gasteiger partial charge in [0.2, 0.25) is 0 Å². The maximum Gasteiger partial charge on any atom is 0.259 e. The predicted molar refractivity (Wildman–Crippen MR) is 82.0 cm³/mol. The second-order valence-corrected chi connectivity index (χ2v) is 4.42. The first kappa shape index (κ1) is 15.1. The van der Waals surface area contributed by atoms with Crippen molar-refractivity contribution in [3.63, 3.8) is 0 Å². The number of hydrogen-bond acceptors (Lipinski definition) is 7. The molecule has 0 radical (unpaired) electrons. The van der Waals surface area contributed by atoms with Gasteiger partial charge in [0.05, 0.1) is 24.6 Å². The van der Waals surface area contributed by atoms with E-state index in [1.807, 2.05) is 17.9 Å². The molecule has 0 bridgehead atoms. The highest BCUT2D eigenvalue weighted by molar-refractivity contribution is 5.95. The van der Waals surface area contributed by atoms with Crippen molar-refractivity contribution < 1.29 is 9.57 Å². The lowest BCUT2D eigenvalue weighted by Gasteiger charge is -2.29. The Morgan fingerprint density at radius 3 is 2.67 bits per heavy atom. The Morgan fingerprint density at radius 1 is 1.38 bits per heavy atom. The smallest absolute Gasteiger partial charge is 0.259 e. The van der Waals surface area contributed by atoms with Gasteiger partial charge in [0.25, 0.3) is 5.90 Å². The Balaban J connectivity index is 2.54. The fourth-order valence-electron chi connectivity index (χ4n) is 2.09. The van der Waals surface area contributed by atoms with E-state index in [4.69, 9.17) is 16.0 Å². The molecule has 0 amide bonds. The third kappa shape index (κ3) is 3.26. The van der Waals surface area contributed by atoms with E-state index >= 15 is 0 Å². The Kier molecular flexibility index (Phi) is 5.02. The summed E-state index contributed by atoms with van der Waals surface area (Å²) >= 11 is 0. The molecule has 0 saturated carbocycles. The molecule has 7 nitrogen and oxygen atoms in total. The average molecular weight is 289 g/mol. The number of nitrogens with one attached hydrogen (secondary N) is 1. The van der Waals surface area contributed by atoms with Crippen molar-refractivity contribution in [1.29, 1.82) is 5.41 Å². The summed E-state index contributed by atoms with van der Waals surface area (Å²) in [4.78, 5) is 15.6. The number of allylic oxidation sites excluding steroid dienone is 1. The van der Waals surface area contributed by atoms with Crippen molar-refractivity contribution in [1.82, 2.24) is 9.97 Å². The zero-order valence-corrected chi connectivity index (χ0v) is 12.0. The van der Waals surface area contributed by atoms with Crippen LogP contribution in [0.2, 0.25) is 0 Å². The fraction of sp³-hybridized carbons (Fsp3) is 0.357. The molecule has 112 valence electrons. The summed E-state index contributed by atoms with van der Waals surface area (Å²) in [6, 6.07) is 0. The number of hydrogen-bond donors (Lipinski definition) is 2. The van der Waals surface area contributed by atoms with Gasteiger partial charge < -0.3 is 14.5 Å². The van der Waals surface area contributed by atoms with Crippen LogP contribution in [-0.4, -0.2) is 42.2 Å². The highest BCUT2D eigenvalue weighted by Crippen LogP contribution is 2.22. The fourth-order valence-corrected chi connectivity index (χ4v) is 2.09. The van der Waals surface area contributed by atoms with Crippen LogP contribution >= 0.6 is 0 Å². The number of ether oxygens (including phenoxy) is 1. The van der Waals surface area contributed by atoms with Crippen molar-refractivity contribution in [2.24, 2.45) is 5.90 Å². The molecular formula is C14H19N5O2. The van der Waals surface area contributed by atoms with Crippen LogP contribution in [0.1, 0.15) is 24.0 Å². The predicted octanol–water partition coefficient (Wildman–Crippen LogP) is 1.20. The average Bonchev–Trinajstić information content (AvgIpc) is 2.54. The molecule has 0 atom stereocenters. The van der Waals surface area contributed by atoms with Gasteiger partial charge in [-0.25, -0.2) is 9.97 Å². The SMILES string of the molecule is C=Cc1nc(N2CCOCC2)c(C(=N)ON)nc1/C=C\C. The van der Waals surface area contributed by atoms with Gasteiger partial charge in [0.1, 0.15) is 0 Å². The molecule has 0 aromatic carbocycles. The van der Waals surface area contributed by atoms with E-state index in [0.29, 0.717) is 49.2 Å². The first-order chi connectivity index (χ1) is 10.2. The maximum absolute atomic E-state index is 7.84. The molecule has 2 heterocycles. The topological polar surface area (TPSA) is 97.4 Å². The van der Waals surface area contributed by atoms with Crippen LogP contribution in [0, 0.1) is 5.41 Å². The molecule has 0 unspecified atom stereocenters. The molecular weight excluding hydrogens is 270 g/mol. The van der Waals surface area contributed by atoms with E-state index < -0.39 is 0 Å². The Morgan fingerprint density at radius 2 is 2.10 bits per heavy atom. The molecule has 1 fully saturated rings. The molecule has 0 spiro atoms. The Hall–Kier alpha value is -2.25. The lowest BCUT2D eigenvalue weighted by atomic mass is 10.2. The molecule has 21 heavy (non-hydrogen) atoms. The van der Waals surface area contributed by atoms with Gasteiger partial charge in [-0.2, -0.15) is 5.90 Å². The monoisotopic (exact) mass is 289 g/mol. The first-order valence-corrected chi connectivity index (χ1v) is 6.66. The maximum atomic E-state index is 7.84. The third-order valence-electron chi connectivity index (χ3n) is 3.09. The van der Waals surface area contributed by atoms with Gasteiger partial charge >= 0.3 is 0 Å². The molecule has 1 aromatic rings. The van der Waals surface area contributed by atoms with Gasteiger partial charge in [-0.15, -0.1) is 0 Å². The van der Waals surface area contributed by atoms with Gasteiger partial charge in [-0.1, -0.05) is 12.7 Å². The molecule has 1 aromatic heterocycles. The zero-order valence-electron chi connectivity index (χ0n) is 12.0. The molecule has 1 aliphatic rings. The van der Waals surface area contributed by atoms with E-state index in [1.165, 1.54) is 0 Å². The minimum Gasteiger partial charge on any atom is -0.389 e. The minimum absolute atomic E-state index is 0.217. The second-order valence-electron chi connectivity index (χ2n) is 4.42. The van der Waals surface area contributed by atoms with Gasteiger partial charge in [-0.05, 0) is 19.1 Å². The standard InChI is InChI=1S/C14H19N5O2/c1-3-5-11-10(4-2)18-14(12(17-11)13(15)21-16)19-6-8-20-9-7-19/h3-5,15H,2,6-9,16H2,1H3/b5-3-,15-13?. The van der Waals surface area contributed by atoms with E-state index in [-0.39, 0.29) is 5.90 Å². The quantitative estimate of drug-likeness (QED) is 0.491. The summed E-state index contributed by atoms with van der Waals surface area (Å²) < 4.78 is 5.34. The van der Waals surface area contributed by atoms with E-state index in [9.17, 15) is 0 Å². The van der Waals surface area contributed by atoms with Crippen LogP contribution in [-0.2, 0) is 9.57 Å². The zero-order chi connectivity index (χ0) is 15.2. The minimum atomic E-state index is -0.217. The first-order valence-electron chi connectivity index (χ1n) is 6.66. The summed E-state index contributed by atoms with van der Waals surface area (Å²) in [7, 11) is 0. The van der Waals surface area contributed by atoms with Gasteiger partial charge in [-0.3, -0.25) is 5.41 Å². The van der Waals surface area contributed by atoms with Crippen LogP contribution in [0.4, 0.5) is 5.82 Å². The lowest BCUT2D eigenvalue weighted by molar-refractivity contribution is 0.122. The normalized spacial score (nSPS) is 15.2. The molecule has 1 aliphatic heterocycles. The summed E-state index contributed by atoms with van der Waals surface area (Å²) in [5.41, 5.74) is 1.60. The van der Waals surface area contributed by atoms with Crippen molar-refractivity contribution >= 4 is 23.9 Å². The third-order valence-corrected chi connectivity index (χ3v) is 3.09. The van der Waals surface area contributed by atoms with E-state index in [0.717, 1.165) is 0 Å². The summed E-state index contributed by atoms with van der Waals surface area (Å²) in [5, 5.41) is 7.84. The summed E-state index contributed by atoms with van der Waals surface area (Å²) in [6.45, 7) is 8.23. The van der Waals surface area contributed by atoms with E-state index in [1.54, 1.807) is 12.2 Å². The highest BCUT2D eigenvalue weighted by atomic mass is 16.6. The summed E-state index contributed by atoms with van der Waals surface area (Å²) in [6.07, 6.45) is 5.30. The van der Waals surface area contributed by atoms with Crippen molar-refractivity contribution in [3.8, 4) is 0 Å². The highest BCUT2D eigenvalue weighted by Gasteiger charge is 2.22. The van der Waals surface area contributed by atoms with Crippen molar-refractivity contribution in [3.05, 3.63) is 29.7 Å². The number of rotatable bonds is 4. The van der Waals surface area contributed by atoms with E-state index in [2.05, 4.69) is 21.4 Å². The van der Waals surface area contributed by atoms with Crippen LogP contribution in [0.25, 0.3) is 12.2 Å². The molecule has 1 saturated heterocycles. The van der Waals surface area contributed by atoms with Crippen molar-refractivity contribution in [2.45, 2.75) is 6.92 Å².